The van der Waals surface area contributed by atoms with E-state index < -0.39 is 0 Å². The Hall–Kier alpha value is -3.01. The molecule has 0 N–H and O–H groups in total. The van der Waals surface area contributed by atoms with E-state index in [-0.39, 0.29) is 12.4 Å². The van der Waals surface area contributed by atoms with Crippen LogP contribution in [0, 0.1) is 0 Å². The number of benzene rings is 3. The maximum absolute atomic E-state index is 12.4. The molecule has 1 heterocycles. The van der Waals surface area contributed by atoms with E-state index in [1.807, 2.05) is 42.5 Å². The van der Waals surface area contributed by atoms with Crippen molar-refractivity contribution in [1.82, 2.24) is 0 Å². The van der Waals surface area contributed by atoms with Crippen LogP contribution in [-0.4, -0.2) is 25.6 Å². The molecule has 1 aliphatic rings. The highest BCUT2D eigenvalue weighted by molar-refractivity contribution is 5.98. The molecule has 0 aromatic heterocycles. The van der Waals surface area contributed by atoms with Crippen molar-refractivity contribution in [1.29, 1.82) is 0 Å². The minimum Gasteiger partial charge on any atom is -0.486 e. The molecule has 4 rings (SSSR count). The second-order valence-electron chi connectivity index (χ2n) is 5.55. The number of rotatable bonds is 4. The summed E-state index contributed by atoms with van der Waals surface area (Å²) < 4.78 is 16.7. The van der Waals surface area contributed by atoms with Gasteiger partial charge < -0.3 is 14.2 Å². The van der Waals surface area contributed by atoms with Gasteiger partial charge in [0.05, 0.1) is 0 Å². The van der Waals surface area contributed by atoms with Gasteiger partial charge in [-0.05, 0) is 29.7 Å². The minimum absolute atomic E-state index is 0.0202. The SMILES string of the molecule is O=C(COc1cccc2ccccc12)c1ccc2c(c1)OCCO2. The first-order valence-corrected chi connectivity index (χ1v) is 7.85. The molecular formula is C20H16O4. The lowest BCUT2D eigenvalue weighted by Crippen LogP contribution is -2.17. The van der Waals surface area contributed by atoms with Crippen LogP contribution >= 0.6 is 0 Å². The topological polar surface area (TPSA) is 44.8 Å². The number of ketones is 1. The van der Waals surface area contributed by atoms with Crippen molar-refractivity contribution in [3.8, 4) is 17.2 Å². The summed E-state index contributed by atoms with van der Waals surface area (Å²) >= 11 is 0. The fourth-order valence-electron chi connectivity index (χ4n) is 2.76. The first kappa shape index (κ1) is 14.6. The second-order valence-corrected chi connectivity index (χ2v) is 5.55. The molecule has 120 valence electrons. The number of hydrogen-bond donors (Lipinski definition) is 0. The number of carbonyl (C=O) groups excluding carboxylic acids is 1. The van der Waals surface area contributed by atoms with Crippen LogP contribution in [0.5, 0.6) is 17.2 Å². The van der Waals surface area contributed by atoms with Gasteiger partial charge in [-0.3, -0.25) is 4.79 Å². The Bertz CT molecular complexity index is 896. The van der Waals surface area contributed by atoms with Crippen LogP contribution in [0.3, 0.4) is 0 Å². The standard InChI is InChI=1S/C20H16O4/c21-17(15-8-9-19-20(12-15)23-11-10-22-19)13-24-18-7-3-5-14-4-1-2-6-16(14)18/h1-9,12H,10-11,13H2. The zero-order valence-corrected chi connectivity index (χ0v) is 13.0. The smallest absolute Gasteiger partial charge is 0.200 e. The van der Waals surface area contributed by atoms with Crippen LogP contribution in [-0.2, 0) is 0 Å². The van der Waals surface area contributed by atoms with Gasteiger partial charge in [-0.2, -0.15) is 0 Å². The highest BCUT2D eigenvalue weighted by atomic mass is 16.6. The molecular weight excluding hydrogens is 304 g/mol. The minimum atomic E-state index is -0.0973. The van der Waals surface area contributed by atoms with Crippen molar-refractivity contribution >= 4 is 16.6 Å². The molecule has 0 saturated carbocycles. The highest BCUT2D eigenvalue weighted by Crippen LogP contribution is 2.31. The lowest BCUT2D eigenvalue weighted by molar-refractivity contribution is 0.0921. The molecule has 4 heteroatoms. The van der Waals surface area contributed by atoms with Gasteiger partial charge in [0.25, 0.3) is 0 Å². The zero-order valence-electron chi connectivity index (χ0n) is 13.0. The number of hydrogen-bond acceptors (Lipinski definition) is 4. The fourth-order valence-corrected chi connectivity index (χ4v) is 2.76. The zero-order chi connectivity index (χ0) is 16.4. The Kier molecular flexibility index (Phi) is 3.79. The van der Waals surface area contributed by atoms with E-state index in [9.17, 15) is 4.79 Å². The van der Waals surface area contributed by atoms with E-state index in [4.69, 9.17) is 14.2 Å². The van der Waals surface area contributed by atoms with E-state index in [0.717, 1.165) is 10.8 Å². The Morgan fingerprint density at radius 3 is 2.62 bits per heavy atom. The van der Waals surface area contributed by atoms with Crippen LogP contribution in [0.4, 0.5) is 0 Å². The quantitative estimate of drug-likeness (QED) is 0.685. The summed E-state index contributed by atoms with van der Waals surface area (Å²) in [4.78, 5) is 12.4. The molecule has 0 spiro atoms. The Morgan fingerprint density at radius 1 is 0.917 bits per heavy atom. The van der Waals surface area contributed by atoms with Gasteiger partial charge in [-0.25, -0.2) is 0 Å². The highest BCUT2D eigenvalue weighted by Gasteiger charge is 2.15. The summed E-state index contributed by atoms with van der Waals surface area (Å²) in [6.07, 6.45) is 0. The van der Waals surface area contributed by atoms with Crippen molar-refractivity contribution in [2.24, 2.45) is 0 Å². The third kappa shape index (κ3) is 2.78. The molecule has 0 bridgehead atoms. The summed E-state index contributed by atoms with van der Waals surface area (Å²) in [6, 6.07) is 19.0. The van der Waals surface area contributed by atoms with Gasteiger partial charge in [0.2, 0.25) is 0 Å². The molecule has 3 aromatic rings. The van der Waals surface area contributed by atoms with E-state index in [1.54, 1.807) is 18.2 Å². The normalized spacial score (nSPS) is 12.8. The van der Waals surface area contributed by atoms with Gasteiger partial charge >= 0.3 is 0 Å². The maximum Gasteiger partial charge on any atom is 0.200 e. The summed E-state index contributed by atoms with van der Waals surface area (Å²) in [6.45, 7) is 1.01. The van der Waals surface area contributed by atoms with E-state index in [1.165, 1.54) is 0 Å². The van der Waals surface area contributed by atoms with Crippen molar-refractivity contribution in [2.75, 3.05) is 19.8 Å². The fraction of sp³-hybridized carbons (Fsp3) is 0.150. The van der Waals surface area contributed by atoms with Crippen LogP contribution < -0.4 is 14.2 Å². The predicted octanol–water partition coefficient (Wildman–Crippen LogP) is 3.87. The number of fused-ring (bicyclic) bond motifs is 2. The van der Waals surface area contributed by atoms with Crippen molar-refractivity contribution in [2.45, 2.75) is 0 Å². The lowest BCUT2D eigenvalue weighted by atomic mass is 10.1. The lowest BCUT2D eigenvalue weighted by Gasteiger charge is -2.18. The van der Waals surface area contributed by atoms with Gasteiger partial charge in [-0.1, -0.05) is 36.4 Å². The van der Waals surface area contributed by atoms with E-state index in [2.05, 4.69) is 0 Å². The van der Waals surface area contributed by atoms with Gasteiger partial charge in [0.1, 0.15) is 19.0 Å². The Morgan fingerprint density at radius 2 is 1.71 bits per heavy atom. The molecule has 0 saturated heterocycles. The predicted molar refractivity (Wildman–Crippen MR) is 91.2 cm³/mol. The molecule has 24 heavy (non-hydrogen) atoms. The summed E-state index contributed by atoms with van der Waals surface area (Å²) in [5.74, 6) is 1.89. The monoisotopic (exact) mass is 320 g/mol. The van der Waals surface area contributed by atoms with E-state index in [0.29, 0.717) is 36.0 Å². The second kappa shape index (κ2) is 6.24. The van der Waals surface area contributed by atoms with Crippen LogP contribution in [0.2, 0.25) is 0 Å². The molecule has 0 fully saturated rings. The molecule has 0 amide bonds. The Labute approximate surface area is 139 Å². The Balaban J connectivity index is 1.52. The van der Waals surface area contributed by atoms with Crippen LogP contribution in [0.25, 0.3) is 10.8 Å². The first-order chi connectivity index (χ1) is 11.8. The third-order valence-corrected chi connectivity index (χ3v) is 3.97. The summed E-state index contributed by atoms with van der Waals surface area (Å²) in [5.41, 5.74) is 0.555. The maximum atomic E-state index is 12.4. The van der Waals surface area contributed by atoms with Gasteiger partial charge in [0, 0.05) is 10.9 Å². The van der Waals surface area contributed by atoms with Gasteiger partial charge in [0.15, 0.2) is 23.9 Å². The van der Waals surface area contributed by atoms with Crippen molar-refractivity contribution in [3.05, 3.63) is 66.2 Å². The van der Waals surface area contributed by atoms with Crippen LogP contribution in [0.1, 0.15) is 10.4 Å². The molecule has 4 nitrogen and oxygen atoms in total. The summed E-state index contributed by atoms with van der Waals surface area (Å²) in [7, 11) is 0. The van der Waals surface area contributed by atoms with Crippen molar-refractivity contribution in [3.63, 3.8) is 0 Å². The molecule has 0 unspecified atom stereocenters. The average molecular weight is 320 g/mol. The number of ether oxygens (including phenoxy) is 3. The van der Waals surface area contributed by atoms with Crippen LogP contribution in [0.15, 0.2) is 60.7 Å². The first-order valence-electron chi connectivity index (χ1n) is 7.85. The largest absolute Gasteiger partial charge is 0.486 e. The summed E-state index contributed by atoms with van der Waals surface area (Å²) in [5, 5.41) is 2.08. The van der Waals surface area contributed by atoms with Gasteiger partial charge in [-0.15, -0.1) is 0 Å². The molecule has 0 radical (unpaired) electrons. The molecule has 0 atom stereocenters. The number of Topliss-reactive ketones (excluding diaryl/α,β-unsaturated/α-hetero) is 1. The van der Waals surface area contributed by atoms with E-state index >= 15 is 0 Å². The average Bonchev–Trinajstić information content (AvgIpc) is 2.65. The van der Waals surface area contributed by atoms with Crippen molar-refractivity contribution < 1.29 is 19.0 Å². The third-order valence-electron chi connectivity index (χ3n) is 3.97. The molecule has 1 aliphatic heterocycles. The molecule has 0 aliphatic carbocycles. The number of carbonyl (C=O) groups is 1. The molecule has 3 aromatic carbocycles.